The van der Waals surface area contributed by atoms with Crippen LogP contribution in [0.15, 0.2) is 0 Å². The number of nitrogens with one attached hydrogen (secondary N) is 2. The summed E-state index contributed by atoms with van der Waals surface area (Å²) in [7, 11) is 0. The Morgan fingerprint density at radius 3 is 2.77 bits per heavy atom. The maximum Gasteiger partial charge on any atom is 0.221 e. The number of halogens is 1. The molecule has 1 heterocycles. The molecule has 130 valence electrons. The first-order valence-corrected chi connectivity index (χ1v) is 8.46. The minimum absolute atomic E-state index is 0. The van der Waals surface area contributed by atoms with Gasteiger partial charge in [-0.25, -0.2) is 0 Å². The van der Waals surface area contributed by atoms with Crippen molar-refractivity contribution >= 4 is 18.3 Å². The monoisotopic (exact) mass is 334 g/mol. The molecular weight excluding hydrogens is 304 g/mol. The van der Waals surface area contributed by atoms with E-state index >= 15 is 0 Å². The van der Waals surface area contributed by atoms with Gasteiger partial charge in [-0.05, 0) is 19.3 Å². The molecular formula is C16H31ClN2O3. The molecule has 2 N–H and O–H groups in total. The Bertz CT molecular complexity index is 317. The van der Waals surface area contributed by atoms with Crippen LogP contribution in [-0.4, -0.2) is 50.5 Å². The molecule has 0 radical (unpaired) electrons. The summed E-state index contributed by atoms with van der Waals surface area (Å²) in [5, 5.41) is 6.40. The predicted octanol–water partition coefficient (Wildman–Crippen LogP) is 2.03. The summed E-state index contributed by atoms with van der Waals surface area (Å²) in [6.07, 6.45) is 7.35. The zero-order valence-corrected chi connectivity index (χ0v) is 14.5. The highest BCUT2D eigenvalue weighted by molar-refractivity contribution is 5.85. The Hall–Kier alpha value is -0.360. The minimum atomic E-state index is -0.125. The van der Waals surface area contributed by atoms with Crippen molar-refractivity contribution in [2.24, 2.45) is 0 Å². The fourth-order valence-corrected chi connectivity index (χ4v) is 3.19. The lowest BCUT2D eigenvalue weighted by molar-refractivity contribution is -0.125. The molecule has 1 saturated heterocycles. The van der Waals surface area contributed by atoms with E-state index < -0.39 is 0 Å². The molecule has 0 aromatic heterocycles. The highest BCUT2D eigenvalue weighted by Crippen LogP contribution is 2.31. The molecule has 0 spiro atoms. The molecule has 1 saturated carbocycles. The Balaban J connectivity index is 0.00000242. The van der Waals surface area contributed by atoms with Gasteiger partial charge in [0.1, 0.15) is 0 Å². The summed E-state index contributed by atoms with van der Waals surface area (Å²) in [4.78, 5) is 12.1. The van der Waals surface area contributed by atoms with Gasteiger partial charge in [-0.1, -0.05) is 26.2 Å². The van der Waals surface area contributed by atoms with Gasteiger partial charge in [0.2, 0.25) is 5.91 Å². The zero-order valence-electron chi connectivity index (χ0n) is 13.7. The van der Waals surface area contributed by atoms with E-state index in [1.807, 2.05) is 0 Å². The predicted molar refractivity (Wildman–Crippen MR) is 89.5 cm³/mol. The van der Waals surface area contributed by atoms with Gasteiger partial charge in [0, 0.05) is 32.2 Å². The first-order valence-electron chi connectivity index (χ1n) is 8.46. The van der Waals surface area contributed by atoms with Gasteiger partial charge >= 0.3 is 0 Å². The first-order chi connectivity index (χ1) is 10.2. The summed E-state index contributed by atoms with van der Waals surface area (Å²) in [6.45, 7) is 5.77. The molecule has 1 aliphatic heterocycles. The number of carbonyl (C=O) groups is 1. The molecule has 0 bridgehead atoms. The number of carbonyl (C=O) groups excluding carboxylic acids is 1. The van der Waals surface area contributed by atoms with Crippen LogP contribution in [0.2, 0.25) is 0 Å². The molecule has 1 aliphatic carbocycles. The zero-order chi connectivity index (χ0) is 15.0. The lowest BCUT2D eigenvalue weighted by Crippen LogP contribution is -2.49. The smallest absolute Gasteiger partial charge is 0.221 e. The van der Waals surface area contributed by atoms with Gasteiger partial charge in [0.25, 0.3) is 0 Å². The van der Waals surface area contributed by atoms with E-state index in [9.17, 15) is 4.79 Å². The Labute approximate surface area is 140 Å². The van der Waals surface area contributed by atoms with E-state index in [1.54, 1.807) is 0 Å². The normalized spacial score (nSPS) is 24.3. The average Bonchev–Trinajstić information content (AvgIpc) is 2.53. The van der Waals surface area contributed by atoms with Crippen molar-refractivity contribution in [1.82, 2.24) is 10.6 Å². The van der Waals surface area contributed by atoms with Gasteiger partial charge in [0.05, 0.1) is 18.8 Å². The summed E-state index contributed by atoms with van der Waals surface area (Å²) < 4.78 is 11.5. The van der Waals surface area contributed by atoms with Crippen LogP contribution >= 0.6 is 12.4 Å². The number of hydrogen-bond donors (Lipinski definition) is 2. The molecule has 2 aliphatic rings. The maximum absolute atomic E-state index is 12.1. The minimum Gasteiger partial charge on any atom is -0.378 e. The summed E-state index contributed by atoms with van der Waals surface area (Å²) in [5.74, 6) is 0.100. The third-order valence-electron chi connectivity index (χ3n) is 4.42. The second-order valence-electron chi connectivity index (χ2n) is 6.30. The number of hydrogen-bond acceptors (Lipinski definition) is 4. The van der Waals surface area contributed by atoms with Crippen LogP contribution in [-0.2, 0) is 14.3 Å². The van der Waals surface area contributed by atoms with Crippen molar-refractivity contribution in [2.75, 3.05) is 32.9 Å². The van der Waals surface area contributed by atoms with Gasteiger partial charge in [-0.15, -0.1) is 12.4 Å². The lowest BCUT2D eigenvalue weighted by Gasteiger charge is -2.37. The van der Waals surface area contributed by atoms with Crippen LogP contribution in [0.25, 0.3) is 0 Å². The molecule has 1 unspecified atom stereocenters. The van der Waals surface area contributed by atoms with Crippen LogP contribution < -0.4 is 10.6 Å². The SMILES string of the molecule is CCCOC1(CNC(=O)CC2COCCN2)CCCCC1.Cl. The van der Waals surface area contributed by atoms with Gasteiger partial charge < -0.3 is 20.1 Å². The van der Waals surface area contributed by atoms with E-state index in [1.165, 1.54) is 19.3 Å². The molecule has 0 aromatic carbocycles. The number of morpholine rings is 1. The molecule has 1 amide bonds. The molecule has 6 heteroatoms. The van der Waals surface area contributed by atoms with Crippen LogP contribution in [0, 0.1) is 0 Å². The summed E-state index contributed by atoms with van der Waals surface area (Å²) >= 11 is 0. The maximum atomic E-state index is 12.1. The van der Waals surface area contributed by atoms with E-state index in [2.05, 4.69) is 17.6 Å². The fourth-order valence-electron chi connectivity index (χ4n) is 3.19. The lowest BCUT2D eigenvalue weighted by atomic mass is 9.84. The van der Waals surface area contributed by atoms with E-state index in [4.69, 9.17) is 9.47 Å². The van der Waals surface area contributed by atoms with E-state index in [0.29, 0.717) is 19.6 Å². The van der Waals surface area contributed by atoms with Crippen molar-refractivity contribution in [2.45, 2.75) is 63.5 Å². The second-order valence-corrected chi connectivity index (χ2v) is 6.30. The van der Waals surface area contributed by atoms with E-state index in [0.717, 1.165) is 39.0 Å². The van der Waals surface area contributed by atoms with Crippen LogP contribution in [0.4, 0.5) is 0 Å². The Morgan fingerprint density at radius 1 is 1.36 bits per heavy atom. The number of rotatable bonds is 7. The topological polar surface area (TPSA) is 59.6 Å². The van der Waals surface area contributed by atoms with Gasteiger partial charge in [-0.2, -0.15) is 0 Å². The third-order valence-corrected chi connectivity index (χ3v) is 4.42. The highest BCUT2D eigenvalue weighted by Gasteiger charge is 2.33. The van der Waals surface area contributed by atoms with Crippen LogP contribution in [0.3, 0.4) is 0 Å². The van der Waals surface area contributed by atoms with Crippen molar-refractivity contribution in [3.63, 3.8) is 0 Å². The van der Waals surface area contributed by atoms with E-state index in [-0.39, 0.29) is 30.0 Å². The Morgan fingerprint density at radius 2 is 2.14 bits per heavy atom. The van der Waals surface area contributed by atoms with Crippen molar-refractivity contribution in [3.8, 4) is 0 Å². The van der Waals surface area contributed by atoms with Gasteiger partial charge in [0.15, 0.2) is 0 Å². The molecule has 2 fully saturated rings. The van der Waals surface area contributed by atoms with Crippen LogP contribution in [0.5, 0.6) is 0 Å². The average molecular weight is 335 g/mol. The molecule has 2 rings (SSSR count). The summed E-state index contributed by atoms with van der Waals surface area (Å²) in [6, 6.07) is 0.151. The first kappa shape index (κ1) is 19.7. The van der Waals surface area contributed by atoms with Crippen molar-refractivity contribution in [3.05, 3.63) is 0 Å². The molecule has 22 heavy (non-hydrogen) atoms. The largest absolute Gasteiger partial charge is 0.378 e. The highest BCUT2D eigenvalue weighted by atomic mass is 35.5. The van der Waals surface area contributed by atoms with Crippen LogP contribution in [0.1, 0.15) is 51.9 Å². The standard InChI is InChI=1S/C16H30N2O3.ClH/c1-2-9-21-16(6-4-3-5-7-16)13-18-15(19)11-14-12-20-10-8-17-14;/h14,17H,2-13H2,1H3,(H,18,19);1H. The molecule has 0 aromatic rings. The second kappa shape index (κ2) is 10.4. The van der Waals surface area contributed by atoms with Crippen molar-refractivity contribution < 1.29 is 14.3 Å². The van der Waals surface area contributed by atoms with Crippen molar-refractivity contribution in [1.29, 1.82) is 0 Å². The third kappa shape index (κ3) is 6.41. The Kier molecular flexibility index (Phi) is 9.33. The number of amides is 1. The molecule has 1 atom stereocenters. The summed E-state index contributed by atoms with van der Waals surface area (Å²) in [5.41, 5.74) is -0.125. The number of ether oxygens (including phenoxy) is 2. The fraction of sp³-hybridized carbons (Fsp3) is 0.938. The molecule has 5 nitrogen and oxygen atoms in total. The quantitative estimate of drug-likeness (QED) is 0.748. The van der Waals surface area contributed by atoms with Gasteiger partial charge in [-0.3, -0.25) is 4.79 Å².